The van der Waals surface area contributed by atoms with Crippen molar-refractivity contribution in [2.75, 3.05) is 0 Å². The Labute approximate surface area is 265 Å². The third-order valence-corrected chi connectivity index (χ3v) is 11.0. The molecule has 4 atom stereocenters. The van der Waals surface area contributed by atoms with Gasteiger partial charge in [0, 0.05) is 22.3 Å². The van der Waals surface area contributed by atoms with Gasteiger partial charge in [0.1, 0.15) is 22.8 Å². The summed E-state index contributed by atoms with van der Waals surface area (Å²) in [5, 5.41) is 47.3. The molecule has 3 aliphatic carbocycles. The van der Waals surface area contributed by atoms with Gasteiger partial charge in [0.2, 0.25) is 5.78 Å². The third-order valence-electron chi connectivity index (χ3n) is 11.0. The van der Waals surface area contributed by atoms with Gasteiger partial charge in [-0.3, -0.25) is 14.4 Å². The molecule has 7 nitrogen and oxygen atoms in total. The molecule has 1 unspecified atom stereocenters. The van der Waals surface area contributed by atoms with Crippen molar-refractivity contribution in [3.63, 3.8) is 0 Å². The molecule has 0 heterocycles. The first-order valence-corrected chi connectivity index (χ1v) is 16.0. The van der Waals surface area contributed by atoms with Gasteiger partial charge in [-0.25, -0.2) is 0 Å². The van der Waals surface area contributed by atoms with Gasteiger partial charge in [-0.1, -0.05) is 65.8 Å². The predicted octanol–water partition coefficient (Wildman–Crippen LogP) is 6.87. The predicted molar refractivity (Wildman–Crippen MR) is 173 cm³/mol. The van der Waals surface area contributed by atoms with Gasteiger partial charge in [0.25, 0.3) is 0 Å². The third kappa shape index (κ3) is 4.52. The average molecular weight is 615 g/mol. The summed E-state index contributed by atoms with van der Waals surface area (Å²) in [6.45, 7) is 16.5. The van der Waals surface area contributed by atoms with E-state index in [4.69, 9.17) is 0 Å². The second kappa shape index (κ2) is 10.7. The van der Waals surface area contributed by atoms with Crippen LogP contribution in [0.5, 0.6) is 5.75 Å². The van der Waals surface area contributed by atoms with Crippen molar-refractivity contribution in [3.8, 4) is 5.75 Å². The van der Waals surface area contributed by atoms with E-state index in [1.54, 1.807) is 6.92 Å². The van der Waals surface area contributed by atoms with E-state index in [2.05, 4.69) is 32.0 Å². The molecule has 45 heavy (non-hydrogen) atoms. The molecule has 0 aromatic heterocycles. The van der Waals surface area contributed by atoms with Crippen LogP contribution >= 0.6 is 0 Å². The summed E-state index contributed by atoms with van der Waals surface area (Å²) in [4.78, 5) is 41.1. The van der Waals surface area contributed by atoms with Crippen LogP contribution in [0.2, 0.25) is 0 Å². The maximum Gasteiger partial charge on any atom is 0.209 e. The van der Waals surface area contributed by atoms with Gasteiger partial charge in [-0.05, 0) is 91.7 Å². The molecule has 0 saturated carbocycles. The summed E-state index contributed by atoms with van der Waals surface area (Å²) in [6.07, 6.45) is 1.50. The Morgan fingerprint density at radius 1 is 0.978 bits per heavy atom. The number of aryl methyl sites for hydroxylation is 4. The minimum absolute atomic E-state index is 0.0242. The van der Waals surface area contributed by atoms with Gasteiger partial charge in [0.15, 0.2) is 17.2 Å². The minimum atomic E-state index is -2.62. The normalized spacial score (nSPS) is 28.0. The van der Waals surface area contributed by atoms with Gasteiger partial charge in [0.05, 0.1) is 5.56 Å². The van der Waals surface area contributed by atoms with Crippen molar-refractivity contribution in [2.45, 2.75) is 99.5 Å². The van der Waals surface area contributed by atoms with Crippen LogP contribution in [0.15, 0.2) is 46.9 Å². The van der Waals surface area contributed by atoms with Crippen molar-refractivity contribution in [1.82, 2.24) is 0 Å². The van der Waals surface area contributed by atoms with Crippen molar-refractivity contribution in [2.24, 2.45) is 22.7 Å². The number of aliphatic hydroxyl groups excluding tert-OH is 2. The Bertz CT molecular complexity index is 1720. The van der Waals surface area contributed by atoms with Crippen LogP contribution in [-0.4, -0.2) is 43.4 Å². The van der Waals surface area contributed by atoms with Crippen molar-refractivity contribution in [3.05, 3.63) is 85.9 Å². The van der Waals surface area contributed by atoms with Crippen LogP contribution in [0.1, 0.15) is 105 Å². The molecule has 0 fully saturated rings. The first kappa shape index (κ1) is 32.7. The fraction of sp³-hybridized carbons (Fsp3) is 0.500. The molecule has 0 spiro atoms. The van der Waals surface area contributed by atoms with E-state index in [-0.39, 0.29) is 47.3 Å². The highest BCUT2D eigenvalue weighted by atomic mass is 16.3. The van der Waals surface area contributed by atoms with Gasteiger partial charge < -0.3 is 20.4 Å². The Hall–Kier alpha value is -3.71. The molecule has 5 rings (SSSR count). The molecule has 240 valence electrons. The van der Waals surface area contributed by atoms with E-state index >= 15 is 0 Å². The molecular weight excluding hydrogens is 568 g/mol. The Morgan fingerprint density at radius 2 is 1.62 bits per heavy atom. The number of benzene rings is 2. The van der Waals surface area contributed by atoms with E-state index in [9.17, 15) is 34.8 Å². The Balaban J connectivity index is 1.71. The van der Waals surface area contributed by atoms with Crippen molar-refractivity contribution >= 4 is 17.3 Å². The van der Waals surface area contributed by atoms with Crippen LogP contribution in [0.25, 0.3) is 0 Å². The number of hydrogen-bond donors (Lipinski definition) is 4. The van der Waals surface area contributed by atoms with Crippen LogP contribution in [-0.2, 0) is 28.9 Å². The number of phenolic OH excluding ortho intramolecular Hbond substituents is 1. The maximum absolute atomic E-state index is 14.6. The highest BCUT2D eigenvalue weighted by Crippen LogP contribution is 2.65. The molecule has 3 aliphatic rings. The van der Waals surface area contributed by atoms with Crippen LogP contribution in [0.4, 0.5) is 0 Å². The van der Waals surface area contributed by atoms with E-state index in [0.717, 1.165) is 18.1 Å². The summed E-state index contributed by atoms with van der Waals surface area (Å²) in [5.41, 5.74) is 0.0698. The summed E-state index contributed by atoms with van der Waals surface area (Å²) in [6, 6.07) is 8.25. The number of hydrogen-bond acceptors (Lipinski definition) is 7. The lowest BCUT2D eigenvalue weighted by Gasteiger charge is -2.59. The lowest BCUT2D eigenvalue weighted by molar-refractivity contribution is -0.171. The van der Waals surface area contributed by atoms with E-state index in [1.165, 1.54) is 11.1 Å². The standard InChI is InChI=1S/C38H46O7/c1-18(2)25-15-24(13-12-23-11-10-20(5)21(6)14-23)31(40)28-26(25)16-36(8)17-37(9)29(19(3)4)32(41)27(22(7)39)34(43)38(37,45)35(44)30(36)33(28)42/h10-11,14-15,18-19,29,40-41,44-45H,12-13,16-17H2,1-9H3/t29?,36-,37-,38+/m1/s1. The Morgan fingerprint density at radius 3 is 2.18 bits per heavy atom. The number of aromatic hydroxyl groups is 1. The summed E-state index contributed by atoms with van der Waals surface area (Å²) < 4.78 is 0. The molecule has 4 N–H and O–H groups in total. The number of aliphatic hydroxyl groups is 3. The van der Waals surface area contributed by atoms with Crippen LogP contribution in [0, 0.1) is 36.5 Å². The summed E-state index contributed by atoms with van der Waals surface area (Å²) in [5.74, 6) is -4.92. The minimum Gasteiger partial charge on any atom is -0.511 e. The zero-order chi connectivity index (χ0) is 33.5. The van der Waals surface area contributed by atoms with Crippen LogP contribution in [0.3, 0.4) is 0 Å². The fourth-order valence-electron chi connectivity index (χ4n) is 8.83. The molecule has 7 heteroatoms. The number of phenols is 1. The second-order valence-corrected chi connectivity index (χ2v) is 14.9. The van der Waals surface area contributed by atoms with Gasteiger partial charge in [-0.15, -0.1) is 0 Å². The SMILES string of the molecule is CC(=O)C1=C(O)C(C(C)C)[C@@]2(C)C[C@@]3(C)Cc4c(C(C)C)cc(CCc5ccc(C)c(C)c5)c(O)c4C(=O)C3=C(O)[C@@]2(O)C1=O. The quantitative estimate of drug-likeness (QED) is 0.261. The summed E-state index contributed by atoms with van der Waals surface area (Å²) in [7, 11) is 0. The Kier molecular flexibility index (Phi) is 7.76. The largest absolute Gasteiger partial charge is 0.511 e. The molecule has 2 aromatic carbocycles. The van der Waals surface area contributed by atoms with E-state index < -0.39 is 51.0 Å². The van der Waals surface area contributed by atoms with Crippen molar-refractivity contribution < 1.29 is 34.8 Å². The molecule has 0 aliphatic heterocycles. The summed E-state index contributed by atoms with van der Waals surface area (Å²) >= 11 is 0. The number of ketones is 3. The highest BCUT2D eigenvalue weighted by molar-refractivity contribution is 6.25. The smallest absolute Gasteiger partial charge is 0.209 e. The molecule has 2 aromatic rings. The molecule has 0 amide bonds. The lowest BCUT2D eigenvalue weighted by Crippen LogP contribution is -2.67. The molecular formula is C38H46O7. The zero-order valence-corrected chi connectivity index (χ0v) is 27.9. The van der Waals surface area contributed by atoms with Crippen molar-refractivity contribution in [1.29, 1.82) is 0 Å². The fourth-order valence-corrected chi connectivity index (χ4v) is 8.83. The molecule has 0 radical (unpaired) electrons. The first-order valence-electron chi connectivity index (χ1n) is 16.0. The molecule has 0 saturated heterocycles. The van der Waals surface area contributed by atoms with Crippen LogP contribution < -0.4 is 0 Å². The number of fused-ring (bicyclic) bond motifs is 3. The number of Topliss-reactive ketones (excluding diaryl/α,β-unsaturated/α-hetero) is 3. The lowest BCUT2D eigenvalue weighted by atomic mass is 9.44. The van der Waals surface area contributed by atoms with Gasteiger partial charge in [-0.2, -0.15) is 0 Å². The average Bonchev–Trinajstić information content (AvgIpc) is 2.91. The molecule has 0 bridgehead atoms. The second-order valence-electron chi connectivity index (χ2n) is 14.9. The number of allylic oxidation sites excluding steroid dienone is 2. The number of carbonyl (C=O) groups is 3. The topological polar surface area (TPSA) is 132 Å². The van der Waals surface area contributed by atoms with E-state index in [1.807, 2.05) is 40.7 Å². The highest BCUT2D eigenvalue weighted by Gasteiger charge is 2.71. The first-order chi connectivity index (χ1) is 20.8. The van der Waals surface area contributed by atoms with E-state index in [0.29, 0.717) is 24.0 Å². The zero-order valence-electron chi connectivity index (χ0n) is 27.9. The monoisotopic (exact) mass is 614 g/mol. The number of rotatable bonds is 6. The number of carbonyl (C=O) groups excluding carboxylic acids is 3. The maximum atomic E-state index is 14.6. The van der Waals surface area contributed by atoms with Gasteiger partial charge >= 0.3 is 0 Å².